The fourth-order valence-corrected chi connectivity index (χ4v) is 6.40. The number of thiophene rings is 1. The summed E-state index contributed by atoms with van der Waals surface area (Å²) in [5, 5.41) is 3.00. The summed E-state index contributed by atoms with van der Waals surface area (Å²) in [4.78, 5) is 16.4. The van der Waals surface area contributed by atoms with Crippen LogP contribution in [-0.4, -0.2) is 30.5 Å². The zero-order valence-electron chi connectivity index (χ0n) is 15.4. The van der Waals surface area contributed by atoms with Crippen LogP contribution in [0.15, 0.2) is 35.8 Å². The first-order chi connectivity index (χ1) is 12.7. The van der Waals surface area contributed by atoms with E-state index in [0.717, 1.165) is 26.9 Å². The van der Waals surface area contributed by atoms with Crippen LogP contribution in [0.1, 0.15) is 48.5 Å². The van der Waals surface area contributed by atoms with Crippen molar-refractivity contribution in [3.63, 3.8) is 0 Å². The molecule has 5 N–H and O–H groups in total. The molecular weight excluding hydrogens is 380 g/mol. The number of aromatic amines is 1. The lowest BCUT2D eigenvalue weighted by Gasteiger charge is -2.52. The second kappa shape index (κ2) is 6.38. The van der Waals surface area contributed by atoms with E-state index in [4.69, 9.17) is 5.73 Å². The van der Waals surface area contributed by atoms with Crippen molar-refractivity contribution in [3.8, 4) is 10.4 Å². The average molecular weight is 405 g/mol. The molecule has 1 aliphatic rings. The highest BCUT2D eigenvalue weighted by atomic mass is 32.3. The fourth-order valence-electron chi connectivity index (χ4n) is 4.05. The van der Waals surface area contributed by atoms with Gasteiger partial charge in [-0.25, -0.2) is 0 Å². The maximum Gasteiger partial charge on any atom is 0.250 e. The van der Waals surface area contributed by atoms with Crippen molar-refractivity contribution in [2.24, 2.45) is 5.73 Å². The summed E-state index contributed by atoms with van der Waals surface area (Å²) in [6, 6.07) is 7.97. The quantitative estimate of drug-likeness (QED) is 0.470. The summed E-state index contributed by atoms with van der Waals surface area (Å²) in [6.45, 7) is 3.85. The number of nitrogens with two attached hydrogens (primary N) is 1. The van der Waals surface area contributed by atoms with Gasteiger partial charge in [0.15, 0.2) is 0 Å². The van der Waals surface area contributed by atoms with E-state index in [-0.39, 0.29) is 5.92 Å². The average Bonchev–Trinajstić information content (AvgIpc) is 3.25. The Morgan fingerprint density at radius 2 is 2.15 bits per heavy atom. The summed E-state index contributed by atoms with van der Waals surface area (Å²) in [6.07, 6.45) is 3.36. The van der Waals surface area contributed by atoms with Gasteiger partial charge >= 0.3 is 0 Å². The molecule has 1 aromatic carbocycles. The number of nitrogens with one attached hydrogen (secondary N) is 1. The lowest BCUT2D eigenvalue weighted by molar-refractivity contribution is 0.100. The van der Waals surface area contributed by atoms with Gasteiger partial charge in [0.25, 0.3) is 5.91 Å². The first-order valence-corrected chi connectivity index (χ1v) is 11.5. The third-order valence-electron chi connectivity index (χ3n) is 5.71. The van der Waals surface area contributed by atoms with Gasteiger partial charge in [-0.15, -0.1) is 11.3 Å². The van der Waals surface area contributed by atoms with E-state index in [2.05, 4.69) is 11.1 Å². The smallest absolute Gasteiger partial charge is 0.250 e. The van der Waals surface area contributed by atoms with E-state index in [9.17, 15) is 13.9 Å². The van der Waals surface area contributed by atoms with Gasteiger partial charge in [-0.1, -0.05) is 6.07 Å². The summed E-state index contributed by atoms with van der Waals surface area (Å²) in [5.41, 5.74) is 8.99. The number of rotatable bonds is 3. The topological polar surface area (TPSA) is 99.3 Å². The molecule has 4 rings (SSSR count). The summed E-state index contributed by atoms with van der Waals surface area (Å²) < 4.78 is 20.2. The Labute approximate surface area is 164 Å². The van der Waals surface area contributed by atoms with Gasteiger partial charge < -0.3 is 10.7 Å². The Morgan fingerprint density at radius 3 is 2.78 bits per heavy atom. The van der Waals surface area contributed by atoms with Crippen molar-refractivity contribution < 1.29 is 13.9 Å². The molecule has 7 heteroatoms. The third kappa shape index (κ3) is 3.08. The maximum atomic E-state index is 12.1. The number of fused-ring (bicyclic) bond motifs is 1. The molecule has 0 saturated carbocycles. The SMILES string of the molecule is CC1(C)CC(c2c[nH]c3c(C(N)=O)cc(-c4cccs4)cc23)CCS1(O)O. The van der Waals surface area contributed by atoms with Crippen LogP contribution in [-0.2, 0) is 0 Å². The van der Waals surface area contributed by atoms with Crippen molar-refractivity contribution in [2.45, 2.75) is 37.4 Å². The number of primary amides is 1. The Kier molecular flexibility index (Phi) is 4.38. The molecule has 0 bridgehead atoms. The number of H-pyrrole nitrogens is 1. The zero-order chi connectivity index (χ0) is 19.4. The molecule has 0 aliphatic carbocycles. The number of carbonyl (C=O) groups excluding carboxylic acids is 1. The number of amides is 1. The molecule has 0 radical (unpaired) electrons. The van der Waals surface area contributed by atoms with Crippen LogP contribution >= 0.6 is 21.9 Å². The van der Waals surface area contributed by atoms with Crippen LogP contribution in [0.3, 0.4) is 0 Å². The fraction of sp³-hybridized carbons (Fsp3) is 0.350. The highest BCUT2D eigenvalue weighted by Gasteiger charge is 2.41. The molecule has 1 atom stereocenters. The zero-order valence-corrected chi connectivity index (χ0v) is 17.0. The molecule has 3 heterocycles. The number of hydrogen-bond donors (Lipinski definition) is 4. The molecule has 27 heavy (non-hydrogen) atoms. The normalized spacial score (nSPS) is 22.6. The number of carbonyl (C=O) groups is 1. The molecule has 3 aromatic rings. The van der Waals surface area contributed by atoms with Crippen molar-refractivity contribution in [3.05, 3.63) is 47.0 Å². The van der Waals surface area contributed by atoms with Gasteiger partial charge in [-0.2, -0.15) is 10.6 Å². The summed E-state index contributed by atoms with van der Waals surface area (Å²) in [7, 11) is -2.59. The summed E-state index contributed by atoms with van der Waals surface area (Å²) in [5.74, 6) is 0.155. The molecule has 2 aromatic heterocycles. The van der Waals surface area contributed by atoms with Crippen LogP contribution in [0.4, 0.5) is 0 Å². The van der Waals surface area contributed by atoms with Gasteiger partial charge in [-0.05, 0) is 67.3 Å². The predicted molar refractivity (Wildman–Crippen MR) is 114 cm³/mol. The Hall–Kier alpha value is -1.80. The molecule has 5 nitrogen and oxygen atoms in total. The molecule has 1 saturated heterocycles. The molecule has 1 amide bonds. The predicted octanol–water partition coefficient (Wildman–Crippen LogP) is 5.40. The first-order valence-electron chi connectivity index (χ1n) is 8.94. The highest BCUT2D eigenvalue weighted by Crippen LogP contribution is 2.61. The second-order valence-corrected chi connectivity index (χ2v) is 11.6. The minimum Gasteiger partial charge on any atom is -0.366 e. The van der Waals surface area contributed by atoms with E-state index < -0.39 is 21.2 Å². The van der Waals surface area contributed by atoms with E-state index >= 15 is 0 Å². The molecule has 144 valence electrons. The molecular formula is C20H24N2O3S2. The lowest BCUT2D eigenvalue weighted by atomic mass is 9.86. The van der Waals surface area contributed by atoms with Crippen molar-refractivity contribution in [1.29, 1.82) is 0 Å². The number of hydrogen-bond acceptors (Lipinski definition) is 4. The molecule has 0 spiro atoms. The van der Waals surface area contributed by atoms with Crippen molar-refractivity contribution >= 4 is 38.7 Å². The highest BCUT2D eigenvalue weighted by molar-refractivity contribution is 8.25. The van der Waals surface area contributed by atoms with Crippen LogP contribution < -0.4 is 5.73 Å². The van der Waals surface area contributed by atoms with Crippen molar-refractivity contribution in [2.75, 3.05) is 5.75 Å². The van der Waals surface area contributed by atoms with Crippen LogP contribution in [0, 0.1) is 0 Å². The van der Waals surface area contributed by atoms with E-state index in [1.165, 1.54) is 0 Å². The number of benzene rings is 1. The van der Waals surface area contributed by atoms with Gasteiger partial charge in [0.05, 0.1) is 15.8 Å². The third-order valence-corrected chi connectivity index (χ3v) is 9.37. The monoisotopic (exact) mass is 404 g/mol. The van der Waals surface area contributed by atoms with Crippen LogP contribution in [0.2, 0.25) is 0 Å². The summed E-state index contributed by atoms with van der Waals surface area (Å²) >= 11 is 1.62. The number of aromatic nitrogens is 1. The lowest BCUT2D eigenvalue weighted by Crippen LogP contribution is -2.36. The van der Waals surface area contributed by atoms with Gasteiger partial charge in [-0.3, -0.25) is 13.9 Å². The standard InChI is InChI=1S/C20H24N2O3S2/c1-20(2)10-12(5-7-27(20,24)25)16-11-22-18-14(16)8-13(9-15(18)19(21)23)17-4-3-6-26-17/h3-4,6,8-9,11-12,22,24-25H,5,7,10H2,1-2H3,(H2,21,23). The minimum absolute atomic E-state index is 0.202. The van der Waals surface area contributed by atoms with Gasteiger partial charge in [0.2, 0.25) is 0 Å². The van der Waals surface area contributed by atoms with Gasteiger partial charge in [0, 0.05) is 22.2 Å². The van der Waals surface area contributed by atoms with Crippen molar-refractivity contribution in [1.82, 2.24) is 4.98 Å². The van der Waals surface area contributed by atoms with Crippen LogP contribution in [0.5, 0.6) is 0 Å². The largest absolute Gasteiger partial charge is 0.366 e. The Balaban J connectivity index is 1.84. The first kappa shape index (κ1) is 18.6. The Morgan fingerprint density at radius 1 is 1.37 bits per heavy atom. The molecule has 1 fully saturated rings. The van der Waals surface area contributed by atoms with E-state index in [0.29, 0.717) is 24.2 Å². The van der Waals surface area contributed by atoms with E-state index in [1.807, 2.05) is 43.6 Å². The molecule has 1 unspecified atom stereocenters. The maximum absolute atomic E-state index is 12.1. The second-order valence-electron chi connectivity index (χ2n) is 7.85. The van der Waals surface area contributed by atoms with Gasteiger partial charge in [0.1, 0.15) is 0 Å². The molecule has 1 aliphatic heterocycles. The minimum atomic E-state index is -2.59. The van der Waals surface area contributed by atoms with E-state index in [1.54, 1.807) is 11.3 Å². The van der Waals surface area contributed by atoms with Crippen LogP contribution in [0.25, 0.3) is 21.3 Å². The Bertz CT molecular complexity index is 1010.